The molecule has 0 nitrogen and oxygen atoms in total. The van der Waals surface area contributed by atoms with Crippen molar-refractivity contribution in [3.63, 3.8) is 0 Å². The Kier molecular flexibility index (Phi) is 4.13. The van der Waals surface area contributed by atoms with Gasteiger partial charge < -0.3 is 0 Å². The third-order valence-corrected chi connectivity index (χ3v) is 0.525. The lowest BCUT2D eigenvalue weighted by atomic mass is 10.4. The van der Waals surface area contributed by atoms with Crippen molar-refractivity contribution in [3.05, 3.63) is 31.2 Å². The molecule has 8 heavy (non-hydrogen) atoms. The first kappa shape index (κ1) is 7.34. The summed E-state index contributed by atoms with van der Waals surface area (Å²) in [6.07, 6.45) is 2.45. The van der Waals surface area contributed by atoms with Gasteiger partial charge in [0, 0.05) is 6.08 Å². The summed E-state index contributed by atoms with van der Waals surface area (Å²) in [5.41, 5.74) is 0. The highest BCUT2D eigenvalue weighted by atomic mass is 19.3. The van der Waals surface area contributed by atoms with Crippen LogP contribution in [-0.2, 0) is 0 Å². The summed E-state index contributed by atoms with van der Waals surface area (Å²) in [5, 5.41) is 0. The van der Waals surface area contributed by atoms with Crippen molar-refractivity contribution in [2.75, 3.05) is 0 Å². The van der Waals surface area contributed by atoms with E-state index in [2.05, 4.69) is 6.92 Å². The Morgan fingerprint density at radius 3 is 2.50 bits per heavy atom. The molecule has 0 fully saturated rings. The molecule has 1 radical (unpaired) electrons. The Bertz CT molecular complexity index is 99.1. The minimum atomic E-state index is -1.67. The van der Waals surface area contributed by atoms with Gasteiger partial charge in [0.25, 0.3) is 6.08 Å². The molecule has 0 saturated carbocycles. The third-order valence-electron chi connectivity index (χ3n) is 0.525. The molecule has 0 heterocycles. The molecule has 2 heteroatoms. The topological polar surface area (TPSA) is 0 Å². The van der Waals surface area contributed by atoms with Gasteiger partial charge in [-0.15, -0.1) is 0 Å². The zero-order valence-electron chi connectivity index (χ0n) is 4.40. The van der Waals surface area contributed by atoms with Gasteiger partial charge in [0.2, 0.25) is 0 Å². The van der Waals surface area contributed by atoms with Crippen molar-refractivity contribution in [2.24, 2.45) is 0 Å². The van der Waals surface area contributed by atoms with E-state index in [1.165, 1.54) is 6.08 Å². The smallest absolute Gasteiger partial charge is 0.173 e. The molecule has 0 saturated heterocycles. The van der Waals surface area contributed by atoms with E-state index in [1.807, 2.05) is 0 Å². The fourth-order valence-electron chi connectivity index (χ4n) is 0.237. The predicted octanol–water partition coefficient (Wildman–Crippen LogP) is 2.55. The van der Waals surface area contributed by atoms with Gasteiger partial charge in [-0.3, -0.25) is 0 Å². The van der Waals surface area contributed by atoms with Crippen molar-refractivity contribution >= 4 is 0 Å². The maximum Gasteiger partial charge on any atom is 0.270 e. The molecular formula is C6H7F2. The highest BCUT2D eigenvalue weighted by Gasteiger charge is 1.78. The van der Waals surface area contributed by atoms with Crippen LogP contribution < -0.4 is 0 Å². The molecule has 0 aliphatic heterocycles. The minimum Gasteiger partial charge on any atom is -0.173 e. The average molecular weight is 117 g/mol. The van der Waals surface area contributed by atoms with Crippen LogP contribution in [0.5, 0.6) is 0 Å². The van der Waals surface area contributed by atoms with Gasteiger partial charge in [0.15, 0.2) is 0 Å². The molecule has 0 aromatic heterocycles. The largest absolute Gasteiger partial charge is 0.270 e. The highest BCUT2D eigenvalue weighted by molar-refractivity contribution is 5.02. The number of hydrogen-bond acceptors (Lipinski definition) is 0. The molecule has 0 N–H and O–H groups in total. The maximum absolute atomic E-state index is 11.1. The monoisotopic (exact) mass is 117 g/mol. The summed E-state index contributed by atoms with van der Waals surface area (Å²) in [6.45, 7) is 3.42. The summed E-state index contributed by atoms with van der Waals surface area (Å²) >= 11 is 0. The number of halogens is 2. The van der Waals surface area contributed by atoms with Gasteiger partial charge in [0.1, 0.15) is 0 Å². The van der Waals surface area contributed by atoms with E-state index in [0.29, 0.717) is 6.42 Å². The first-order valence-electron chi connectivity index (χ1n) is 2.24. The van der Waals surface area contributed by atoms with Gasteiger partial charge in [-0.1, -0.05) is 12.2 Å². The van der Waals surface area contributed by atoms with Gasteiger partial charge >= 0.3 is 0 Å². The van der Waals surface area contributed by atoms with Gasteiger partial charge in [-0.25, -0.2) is 0 Å². The fraction of sp³-hybridized carbons (Fsp3) is 0.167. The third kappa shape index (κ3) is 5.34. The molecule has 0 aromatic rings. The maximum atomic E-state index is 11.1. The van der Waals surface area contributed by atoms with Crippen LogP contribution in [0.15, 0.2) is 24.3 Å². The summed E-state index contributed by atoms with van der Waals surface area (Å²) in [4.78, 5) is 0. The van der Waals surface area contributed by atoms with Crippen LogP contribution in [-0.4, -0.2) is 0 Å². The Morgan fingerprint density at radius 1 is 1.50 bits per heavy atom. The second-order valence-corrected chi connectivity index (χ2v) is 1.17. The molecule has 0 rings (SSSR count). The van der Waals surface area contributed by atoms with Crippen LogP contribution in [0, 0.1) is 6.92 Å². The van der Waals surface area contributed by atoms with Crippen LogP contribution in [0.3, 0.4) is 0 Å². The average Bonchev–Trinajstić information content (AvgIpc) is 1.66. The lowest BCUT2D eigenvalue weighted by Gasteiger charge is -1.72. The zero-order chi connectivity index (χ0) is 6.41. The van der Waals surface area contributed by atoms with E-state index >= 15 is 0 Å². The van der Waals surface area contributed by atoms with Crippen molar-refractivity contribution < 1.29 is 8.78 Å². The minimum absolute atomic E-state index is 0.545. The molecule has 0 aliphatic rings. The molecular weight excluding hydrogens is 110 g/mol. The lowest BCUT2D eigenvalue weighted by Crippen LogP contribution is -1.54. The Hall–Kier alpha value is -0.660. The summed E-state index contributed by atoms with van der Waals surface area (Å²) < 4.78 is 22.3. The van der Waals surface area contributed by atoms with Crippen molar-refractivity contribution in [1.82, 2.24) is 0 Å². The van der Waals surface area contributed by atoms with Crippen LogP contribution in [0.1, 0.15) is 6.42 Å². The van der Waals surface area contributed by atoms with Crippen LogP contribution in [0.2, 0.25) is 0 Å². The second-order valence-electron chi connectivity index (χ2n) is 1.17. The fourth-order valence-corrected chi connectivity index (χ4v) is 0.237. The molecule has 0 bridgehead atoms. The number of allylic oxidation sites excluding steroid dienone is 3. The lowest BCUT2D eigenvalue weighted by molar-refractivity contribution is 0.422. The van der Waals surface area contributed by atoms with Gasteiger partial charge in [-0.05, 0) is 13.3 Å². The van der Waals surface area contributed by atoms with Crippen LogP contribution in [0.25, 0.3) is 0 Å². The van der Waals surface area contributed by atoms with Crippen molar-refractivity contribution in [3.8, 4) is 0 Å². The Balaban J connectivity index is 3.42. The molecule has 0 unspecified atom stereocenters. The molecule has 0 aromatic carbocycles. The SMILES string of the molecule is [CH2]CC=CC=C(F)F. The molecule has 0 aliphatic carbocycles. The van der Waals surface area contributed by atoms with Crippen LogP contribution >= 0.6 is 0 Å². The molecule has 0 amide bonds. The van der Waals surface area contributed by atoms with E-state index < -0.39 is 6.08 Å². The van der Waals surface area contributed by atoms with E-state index in [1.54, 1.807) is 6.08 Å². The summed E-state index contributed by atoms with van der Waals surface area (Å²) in [5.74, 6) is 0. The molecule has 45 valence electrons. The number of rotatable bonds is 2. The predicted molar refractivity (Wildman–Crippen MR) is 29.4 cm³/mol. The van der Waals surface area contributed by atoms with E-state index in [4.69, 9.17) is 0 Å². The molecule has 0 atom stereocenters. The van der Waals surface area contributed by atoms with Gasteiger partial charge in [-0.2, -0.15) is 8.78 Å². The number of hydrogen-bond donors (Lipinski definition) is 0. The standard InChI is InChI=1S/C6H7F2/c1-2-3-4-5-6(7)8/h3-5H,1-2H2. The van der Waals surface area contributed by atoms with E-state index in [0.717, 1.165) is 6.08 Å². The highest BCUT2D eigenvalue weighted by Crippen LogP contribution is 1.95. The van der Waals surface area contributed by atoms with Crippen molar-refractivity contribution in [2.45, 2.75) is 6.42 Å². The Labute approximate surface area is 47.5 Å². The van der Waals surface area contributed by atoms with Crippen LogP contribution in [0.4, 0.5) is 8.78 Å². The zero-order valence-corrected chi connectivity index (χ0v) is 4.40. The van der Waals surface area contributed by atoms with Crippen molar-refractivity contribution in [1.29, 1.82) is 0 Å². The first-order chi connectivity index (χ1) is 3.77. The Morgan fingerprint density at radius 2 is 2.12 bits per heavy atom. The molecule has 0 spiro atoms. The second kappa shape index (κ2) is 4.50. The van der Waals surface area contributed by atoms with Gasteiger partial charge in [0.05, 0.1) is 0 Å². The normalized spacial score (nSPS) is 9.88. The summed E-state index contributed by atoms with van der Waals surface area (Å²) in [6, 6.07) is 0. The quantitative estimate of drug-likeness (QED) is 0.487. The van der Waals surface area contributed by atoms with E-state index in [-0.39, 0.29) is 0 Å². The first-order valence-corrected chi connectivity index (χ1v) is 2.24. The van der Waals surface area contributed by atoms with E-state index in [9.17, 15) is 8.78 Å². The summed E-state index contributed by atoms with van der Waals surface area (Å²) in [7, 11) is 0.